The van der Waals surface area contributed by atoms with Gasteiger partial charge in [0.25, 0.3) is 0 Å². The Labute approximate surface area is 328 Å². The highest BCUT2D eigenvalue weighted by molar-refractivity contribution is 5.73. The van der Waals surface area contributed by atoms with Crippen LogP contribution in [0.25, 0.3) is 0 Å². The number of aliphatic hydroxyl groups is 7. The Bertz CT molecular complexity index is 1230. The predicted octanol–water partition coefficient (Wildman–Crippen LogP) is 1.72. The molecule has 0 unspecified atom stereocenters. The zero-order valence-corrected chi connectivity index (χ0v) is 35.7. The van der Waals surface area contributed by atoms with Crippen LogP contribution >= 0.6 is 0 Å². The first kappa shape index (κ1) is 48.3. The molecule has 3 saturated heterocycles. The highest BCUT2D eigenvalue weighted by Gasteiger charge is 2.53. The van der Waals surface area contributed by atoms with Crippen molar-refractivity contribution in [2.24, 2.45) is 23.7 Å². The first-order valence-electron chi connectivity index (χ1n) is 20.1. The van der Waals surface area contributed by atoms with Crippen LogP contribution in [-0.2, 0) is 33.2 Å². The molecule has 0 aromatic heterocycles. The van der Waals surface area contributed by atoms with Crippen molar-refractivity contribution in [1.82, 2.24) is 4.90 Å². The zero-order valence-electron chi connectivity index (χ0n) is 35.7. The van der Waals surface area contributed by atoms with E-state index in [9.17, 15) is 40.5 Å². The van der Waals surface area contributed by atoms with E-state index < -0.39 is 119 Å². The second-order valence-corrected chi connectivity index (χ2v) is 18.5. The Morgan fingerprint density at radius 3 is 2.04 bits per heavy atom. The van der Waals surface area contributed by atoms with E-state index in [1.54, 1.807) is 76.3 Å². The van der Waals surface area contributed by atoms with E-state index >= 15 is 0 Å². The van der Waals surface area contributed by atoms with Gasteiger partial charge in [-0.2, -0.15) is 0 Å². The maximum atomic E-state index is 14.2. The minimum absolute atomic E-state index is 0.0730. The summed E-state index contributed by atoms with van der Waals surface area (Å²) in [6, 6.07) is -0.489. The average Bonchev–Trinajstić information content (AvgIpc) is 3.08. The number of likely N-dealkylation sites (N-methyl/N-ethyl adjacent to an activating group) is 1. The van der Waals surface area contributed by atoms with Gasteiger partial charge in [-0.1, -0.05) is 27.7 Å². The minimum Gasteiger partial charge on any atom is -0.459 e. The van der Waals surface area contributed by atoms with Crippen LogP contribution in [0.3, 0.4) is 0 Å². The molecule has 7 N–H and O–H groups in total. The molecule has 0 amide bonds. The van der Waals surface area contributed by atoms with Crippen LogP contribution in [0, 0.1) is 23.7 Å². The summed E-state index contributed by atoms with van der Waals surface area (Å²) in [6.07, 6.45) is -11.2. The van der Waals surface area contributed by atoms with Crippen LogP contribution in [0.4, 0.5) is 0 Å². The van der Waals surface area contributed by atoms with Crippen molar-refractivity contribution >= 4 is 5.97 Å². The molecule has 3 fully saturated rings. The lowest BCUT2D eigenvalue weighted by atomic mass is 9.73. The number of aliphatic hydroxyl groups excluding tert-OH is 4. The molecular weight excluding hydrogens is 718 g/mol. The Kier molecular flexibility index (Phi) is 16.2. The summed E-state index contributed by atoms with van der Waals surface area (Å²) in [5.41, 5.74) is -5.86. The Balaban J connectivity index is 2.18. The molecule has 0 bridgehead atoms. The minimum atomic E-state index is -1.96. The van der Waals surface area contributed by atoms with Crippen molar-refractivity contribution in [2.45, 2.75) is 205 Å². The van der Waals surface area contributed by atoms with Gasteiger partial charge in [0, 0.05) is 38.0 Å². The van der Waals surface area contributed by atoms with Gasteiger partial charge in [-0.3, -0.25) is 9.69 Å². The topological polar surface area (TPSA) is 217 Å². The van der Waals surface area contributed by atoms with Gasteiger partial charge < -0.3 is 64.2 Å². The summed E-state index contributed by atoms with van der Waals surface area (Å²) in [5.74, 6) is -4.28. The molecule has 15 nitrogen and oxygen atoms in total. The van der Waals surface area contributed by atoms with Crippen molar-refractivity contribution < 1.29 is 69.0 Å². The third-order valence-corrected chi connectivity index (χ3v) is 12.6. The molecule has 0 aromatic rings. The molecule has 0 aliphatic carbocycles. The highest BCUT2D eigenvalue weighted by atomic mass is 16.7. The first-order valence-corrected chi connectivity index (χ1v) is 20.1. The van der Waals surface area contributed by atoms with Crippen LogP contribution < -0.4 is 0 Å². The molecule has 55 heavy (non-hydrogen) atoms. The maximum Gasteiger partial charge on any atom is 0.311 e. The largest absolute Gasteiger partial charge is 0.459 e. The van der Waals surface area contributed by atoms with Gasteiger partial charge >= 0.3 is 5.97 Å². The second kappa shape index (κ2) is 18.5. The summed E-state index contributed by atoms with van der Waals surface area (Å²) in [6.45, 7) is 20.2. The summed E-state index contributed by atoms with van der Waals surface area (Å²) in [4.78, 5) is 16.0. The molecule has 0 radical (unpaired) electrons. The highest BCUT2D eigenvalue weighted by Crippen LogP contribution is 2.41. The Hall–Kier alpha value is -1.05. The molecule has 0 aromatic carbocycles. The first-order chi connectivity index (χ1) is 25.1. The number of rotatable bonds is 9. The molecule has 3 aliphatic heterocycles. The van der Waals surface area contributed by atoms with Crippen LogP contribution in [0.5, 0.6) is 0 Å². The van der Waals surface area contributed by atoms with E-state index in [0.29, 0.717) is 6.42 Å². The van der Waals surface area contributed by atoms with Gasteiger partial charge in [0.1, 0.15) is 23.9 Å². The van der Waals surface area contributed by atoms with Gasteiger partial charge in [-0.05, 0) is 87.6 Å². The van der Waals surface area contributed by atoms with Crippen LogP contribution in [0.1, 0.15) is 109 Å². The fourth-order valence-corrected chi connectivity index (χ4v) is 9.24. The van der Waals surface area contributed by atoms with Crippen molar-refractivity contribution in [3.8, 4) is 0 Å². The summed E-state index contributed by atoms with van der Waals surface area (Å²) >= 11 is 0. The third kappa shape index (κ3) is 11.2. The lowest BCUT2D eigenvalue weighted by Crippen LogP contribution is -2.62. The van der Waals surface area contributed by atoms with E-state index in [-0.39, 0.29) is 31.9 Å². The molecule has 324 valence electrons. The lowest BCUT2D eigenvalue weighted by molar-refractivity contribution is -0.319. The van der Waals surface area contributed by atoms with E-state index in [1.165, 1.54) is 14.0 Å². The quantitative estimate of drug-likeness (QED) is 0.166. The van der Waals surface area contributed by atoms with E-state index in [4.69, 9.17) is 28.4 Å². The number of esters is 1. The van der Waals surface area contributed by atoms with Crippen molar-refractivity contribution in [1.29, 1.82) is 0 Å². The van der Waals surface area contributed by atoms with Gasteiger partial charge in [-0.25, -0.2) is 0 Å². The summed E-state index contributed by atoms with van der Waals surface area (Å²) in [5, 5.41) is 80.5. The fourth-order valence-electron chi connectivity index (χ4n) is 9.24. The Morgan fingerprint density at radius 2 is 1.49 bits per heavy atom. The molecule has 15 heteroatoms. The number of ether oxygens (including phenoxy) is 6. The number of cyclic esters (lactones) is 1. The summed E-state index contributed by atoms with van der Waals surface area (Å²) in [7, 11) is 3.28. The molecule has 19 atom stereocenters. The normalized spacial score (nSPS) is 48.7. The standard InChI is InChI=1S/C40H75NO14/c1-15-27-40(12,49)32(44)22(4)29(42)20(2)17-38(10,48)34(55-36-30(43)26(16-21(3)51-36)41(13)19-37(8,9)47)23(5)31(24(6)35(46)53-27)54-28-18-39(11,50-14)33(45)25(7)52-28/h20-34,36,42-45,47-49H,15-19H2,1-14H3/t20-,21-,22+,23+,24-,25+,26+,27-,28-,29+,30-,31+,32-,33+,34-,36+,38-,39-,40-/m1/s1. The van der Waals surface area contributed by atoms with Crippen LogP contribution in [-0.4, -0.2) is 163 Å². The van der Waals surface area contributed by atoms with Gasteiger partial charge in [0.05, 0.1) is 59.3 Å². The van der Waals surface area contributed by atoms with Crippen molar-refractivity contribution in [3.05, 3.63) is 0 Å². The second-order valence-electron chi connectivity index (χ2n) is 18.5. The molecule has 3 heterocycles. The number of nitrogens with zero attached hydrogens (tertiary/aromatic N) is 1. The SMILES string of the molecule is CC[C@H]1OC(=O)[C@H](C)[C@@H](O[C@@H]2C[C@@](C)(OC)[C@@H](O)[C@H](C)O2)[C@H](C)[C@@H](O[C@@H]2O[C@H](C)C[C@H](N(C)CC(C)(C)O)[C@H]2O)[C@](C)(O)C[C@@H](C)[C@H](O)[C@H](C)[C@@H](O)[C@]1(C)O. The molecule has 0 saturated carbocycles. The van der Waals surface area contributed by atoms with Crippen LogP contribution in [0.2, 0.25) is 0 Å². The van der Waals surface area contributed by atoms with E-state index in [0.717, 1.165) is 0 Å². The third-order valence-electron chi connectivity index (χ3n) is 12.6. The van der Waals surface area contributed by atoms with Gasteiger partial charge in [-0.15, -0.1) is 0 Å². The van der Waals surface area contributed by atoms with E-state index in [1.807, 2.05) is 11.8 Å². The maximum absolute atomic E-state index is 14.2. The molecule has 3 aliphatic rings. The molecular formula is C40H75NO14. The Morgan fingerprint density at radius 1 is 0.891 bits per heavy atom. The number of methoxy groups -OCH3 is 1. The smallest absolute Gasteiger partial charge is 0.311 e. The number of hydrogen-bond donors (Lipinski definition) is 7. The monoisotopic (exact) mass is 794 g/mol. The zero-order chi connectivity index (χ0) is 42.2. The van der Waals surface area contributed by atoms with Crippen molar-refractivity contribution in [3.63, 3.8) is 0 Å². The average molecular weight is 794 g/mol. The number of carbonyl (C=O) groups excluding carboxylic acids is 1. The fraction of sp³-hybridized carbons (Fsp3) is 0.975. The van der Waals surface area contributed by atoms with E-state index in [2.05, 4.69) is 0 Å². The summed E-state index contributed by atoms with van der Waals surface area (Å²) < 4.78 is 37.4. The van der Waals surface area contributed by atoms with Gasteiger partial charge in [0.2, 0.25) is 0 Å². The van der Waals surface area contributed by atoms with Gasteiger partial charge in [0.15, 0.2) is 12.6 Å². The number of hydrogen-bond acceptors (Lipinski definition) is 15. The van der Waals surface area contributed by atoms with Crippen molar-refractivity contribution in [2.75, 3.05) is 20.7 Å². The van der Waals surface area contributed by atoms with Crippen LogP contribution in [0.15, 0.2) is 0 Å². The lowest BCUT2D eigenvalue weighted by Gasteiger charge is -2.49. The molecule has 0 spiro atoms. The predicted molar refractivity (Wildman–Crippen MR) is 202 cm³/mol. The number of carbonyl (C=O) groups is 1. The molecule has 3 rings (SSSR count).